The monoisotopic (exact) mass is 198 g/mol. The van der Waals surface area contributed by atoms with Gasteiger partial charge in [-0.05, 0) is 26.9 Å². The second-order valence-electron chi connectivity index (χ2n) is 3.37. The molecule has 0 aromatic heterocycles. The first-order chi connectivity index (χ1) is 6.61. The standard InChI is InChI=1S/C10H18N2O2/c1-9(6-7-11)12(2)8-4-5-10(13)14-3/h9H,4-6,8H2,1-3H3. The lowest BCUT2D eigenvalue weighted by Gasteiger charge is -2.21. The molecule has 0 aliphatic rings. The lowest BCUT2D eigenvalue weighted by molar-refractivity contribution is -0.140. The van der Waals surface area contributed by atoms with Crippen LogP contribution >= 0.6 is 0 Å². The van der Waals surface area contributed by atoms with Crippen molar-refractivity contribution in [2.75, 3.05) is 20.7 Å². The van der Waals surface area contributed by atoms with Gasteiger partial charge < -0.3 is 9.64 Å². The lowest BCUT2D eigenvalue weighted by atomic mass is 10.2. The average Bonchev–Trinajstić information content (AvgIpc) is 2.17. The molecule has 80 valence electrons. The van der Waals surface area contributed by atoms with Gasteiger partial charge in [-0.2, -0.15) is 5.26 Å². The van der Waals surface area contributed by atoms with Crippen molar-refractivity contribution >= 4 is 5.97 Å². The molecule has 0 aliphatic carbocycles. The van der Waals surface area contributed by atoms with Crippen molar-refractivity contribution in [3.05, 3.63) is 0 Å². The number of nitriles is 1. The fourth-order valence-corrected chi connectivity index (χ4v) is 1.08. The van der Waals surface area contributed by atoms with Crippen LogP contribution in [0.15, 0.2) is 0 Å². The van der Waals surface area contributed by atoms with Crippen molar-refractivity contribution < 1.29 is 9.53 Å². The third kappa shape index (κ3) is 5.55. The Kier molecular flexibility index (Phi) is 6.77. The summed E-state index contributed by atoms with van der Waals surface area (Å²) in [6.45, 7) is 2.82. The van der Waals surface area contributed by atoms with E-state index in [0.717, 1.165) is 13.0 Å². The van der Waals surface area contributed by atoms with Gasteiger partial charge in [0.15, 0.2) is 0 Å². The van der Waals surface area contributed by atoms with E-state index in [4.69, 9.17) is 5.26 Å². The predicted octanol–water partition coefficient (Wildman–Crippen LogP) is 1.17. The summed E-state index contributed by atoms with van der Waals surface area (Å²) in [6.07, 6.45) is 1.74. The maximum Gasteiger partial charge on any atom is 0.305 e. The molecule has 0 bridgehead atoms. The molecule has 0 aromatic carbocycles. The summed E-state index contributed by atoms with van der Waals surface area (Å²) in [6, 6.07) is 2.37. The molecule has 14 heavy (non-hydrogen) atoms. The van der Waals surface area contributed by atoms with E-state index in [1.165, 1.54) is 7.11 Å². The van der Waals surface area contributed by atoms with Crippen LogP contribution in [0.25, 0.3) is 0 Å². The molecule has 0 N–H and O–H groups in total. The number of methoxy groups -OCH3 is 1. The highest BCUT2D eigenvalue weighted by atomic mass is 16.5. The molecular weight excluding hydrogens is 180 g/mol. The third-order valence-corrected chi connectivity index (χ3v) is 2.26. The number of nitrogens with zero attached hydrogens (tertiary/aromatic N) is 2. The van der Waals surface area contributed by atoms with Crippen molar-refractivity contribution in [1.29, 1.82) is 5.26 Å². The van der Waals surface area contributed by atoms with E-state index in [-0.39, 0.29) is 12.0 Å². The summed E-state index contributed by atoms with van der Waals surface area (Å²) in [5.74, 6) is -0.175. The van der Waals surface area contributed by atoms with Crippen molar-refractivity contribution in [2.45, 2.75) is 32.2 Å². The molecule has 0 heterocycles. The van der Waals surface area contributed by atoms with E-state index in [1.54, 1.807) is 0 Å². The van der Waals surface area contributed by atoms with Gasteiger partial charge in [-0.25, -0.2) is 0 Å². The molecule has 0 saturated heterocycles. The number of carbonyl (C=O) groups excluding carboxylic acids is 1. The van der Waals surface area contributed by atoms with Gasteiger partial charge in [-0.15, -0.1) is 0 Å². The Morgan fingerprint density at radius 2 is 2.29 bits per heavy atom. The van der Waals surface area contributed by atoms with Crippen LogP contribution in [-0.2, 0) is 9.53 Å². The Hall–Kier alpha value is -1.08. The Labute approximate surface area is 85.5 Å². The Morgan fingerprint density at radius 1 is 1.64 bits per heavy atom. The fourth-order valence-electron chi connectivity index (χ4n) is 1.08. The average molecular weight is 198 g/mol. The van der Waals surface area contributed by atoms with Gasteiger partial charge in [0.25, 0.3) is 0 Å². The zero-order valence-corrected chi connectivity index (χ0v) is 9.12. The normalized spacial score (nSPS) is 12.2. The van der Waals surface area contributed by atoms with E-state index in [2.05, 4.69) is 15.7 Å². The fraction of sp³-hybridized carbons (Fsp3) is 0.800. The molecule has 1 unspecified atom stereocenters. The Balaban J connectivity index is 3.58. The second kappa shape index (κ2) is 7.34. The molecule has 4 nitrogen and oxygen atoms in total. The number of ether oxygens (including phenoxy) is 1. The molecule has 0 amide bonds. The maximum atomic E-state index is 10.8. The summed E-state index contributed by atoms with van der Waals surface area (Å²) in [4.78, 5) is 12.9. The molecule has 0 saturated carbocycles. The highest BCUT2D eigenvalue weighted by Crippen LogP contribution is 2.02. The zero-order chi connectivity index (χ0) is 11.0. The predicted molar refractivity (Wildman–Crippen MR) is 53.6 cm³/mol. The van der Waals surface area contributed by atoms with E-state index in [9.17, 15) is 4.79 Å². The highest BCUT2D eigenvalue weighted by Gasteiger charge is 2.08. The van der Waals surface area contributed by atoms with Crippen LogP contribution in [0.1, 0.15) is 26.2 Å². The number of carbonyl (C=O) groups is 1. The molecule has 0 radical (unpaired) electrons. The lowest BCUT2D eigenvalue weighted by Crippen LogP contribution is -2.29. The Morgan fingerprint density at radius 3 is 2.79 bits per heavy atom. The quantitative estimate of drug-likeness (QED) is 0.601. The van der Waals surface area contributed by atoms with Crippen molar-refractivity contribution in [3.8, 4) is 6.07 Å². The maximum absolute atomic E-state index is 10.8. The number of hydrogen-bond donors (Lipinski definition) is 0. The molecule has 1 atom stereocenters. The van der Waals surface area contributed by atoms with Crippen molar-refractivity contribution in [2.24, 2.45) is 0 Å². The van der Waals surface area contributed by atoms with E-state index in [1.807, 2.05) is 14.0 Å². The zero-order valence-electron chi connectivity index (χ0n) is 9.12. The molecule has 0 rings (SSSR count). The summed E-state index contributed by atoms with van der Waals surface area (Å²) < 4.78 is 4.53. The number of hydrogen-bond acceptors (Lipinski definition) is 4. The topological polar surface area (TPSA) is 53.3 Å². The molecule has 0 spiro atoms. The summed E-state index contributed by atoms with van der Waals surface area (Å²) in [5.41, 5.74) is 0. The van der Waals surface area contributed by atoms with Gasteiger partial charge in [-0.1, -0.05) is 0 Å². The van der Waals surface area contributed by atoms with Crippen LogP contribution in [0, 0.1) is 11.3 Å². The van der Waals surface area contributed by atoms with Crippen LogP contribution in [0.3, 0.4) is 0 Å². The SMILES string of the molecule is COC(=O)CCCN(C)C(C)CC#N. The highest BCUT2D eigenvalue weighted by molar-refractivity contribution is 5.69. The minimum atomic E-state index is -0.175. The molecule has 0 aromatic rings. The van der Waals surface area contributed by atoms with Crippen molar-refractivity contribution in [3.63, 3.8) is 0 Å². The molecule has 0 fully saturated rings. The first-order valence-corrected chi connectivity index (χ1v) is 4.75. The van der Waals surface area contributed by atoms with Gasteiger partial charge >= 0.3 is 5.97 Å². The third-order valence-electron chi connectivity index (χ3n) is 2.26. The van der Waals surface area contributed by atoms with Crippen LogP contribution in [0.4, 0.5) is 0 Å². The van der Waals surface area contributed by atoms with Gasteiger partial charge in [0.1, 0.15) is 0 Å². The number of esters is 1. The molecule has 0 aliphatic heterocycles. The van der Waals surface area contributed by atoms with E-state index < -0.39 is 0 Å². The van der Waals surface area contributed by atoms with Crippen LogP contribution < -0.4 is 0 Å². The minimum absolute atomic E-state index is 0.175. The van der Waals surface area contributed by atoms with Gasteiger partial charge in [-0.3, -0.25) is 4.79 Å². The van der Waals surface area contributed by atoms with Crippen molar-refractivity contribution in [1.82, 2.24) is 4.90 Å². The largest absolute Gasteiger partial charge is 0.469 e. The Bertz CT molecular complexity index is 211. The van der Waals surface area contributed by atoms with E-state index >= 15 is 0 Å². The van der Waals surface area contributed by atoms with Gasteiger partial charge in [0.05, 0.1) is 19.6 Å². The number of rotatable bonds is 6. The first-order valence-electron chi connectivity index (χ1n) is 4.75. The van der Waals surface area contributed by atoms with Crippen LogP contribution in [0.5, 0.6) is 0 Å². The van der Waals surface area contributed by atoms with Gasteiger partial charge in [0, 0.05) is 12.5 Å². The van der Waals surface area contributed by atoms with E-state index in [0.29, 0.717) is 12.8 Å². The molecule has 4 heteroatoms. The van der Waals surface area contributed by atoms with Crippen LogP contribution in [-0.4, -0.2) is 37.6 Å². The summed E-state index contributed by atoms with van der Waals surface area (Å²) in [7, 11) is 3.35. The molecular formula is C10H18N2O2. The summed E-state index contributed by atoms with van der Waals surface area (Å²) in [5, 5.41) is 8.49. The smallest absolute Gasteiger partial charge is 0.305 e. The summed E-state index contributed by atoms with van der Waals surface area (Å²) >= 11 is 0. The minimum Gasteiger partial charge on any atom is -0.469 e. The second-order valence-corrected chi connectivity index (χ2v) is 3.37. The van der Waals surface area contributed by atoms with Gasteiger partial charge in [0.2, 0.25) is 0 Å². The first kappa shape index (κ1) is 12.9. The van der Waals surface area contributed by atoms with Crippen LogP contribution in [0.2, 0.25) is 0 Å².